The molecule has 5 heteroatoms. The fourth-order valence-corrected chi connectivity index (χ4v) is 3.05. The van der Waals surface area contributed by atoms with Gasteiger partial charge < -0.3 is 15.4 Å². The first-order chi connectivity index (χ1) is 7.78. The van der Waals surface area contributed by atoms with Crippen molar-refractivity contribution >= 4 is 11.9 Å². The Morgan fingerprint density at radius 2 is 2.12 bits per heavy atom. The van der Waals surface area contributed by atoms with E-state index in [9.17, 15) is 4.79 Å². The van der Waals surface area contributed by atoms with E-state index in [4.69, 9.17) is 10.5 Å². The van der Waals surface area contributed by atoms with Crippen LogP contribution < -0.4 is 5.73 Å². The lowest BCUT2D eigenvalue weighted by molar-refractivity contribution is -0.0926. The summed E-state index contributed by atoms with van der Waals surface area (Å²) >= 11 is 0. The van der Waals surface area contributed by atoms with Crippen molar-refractivity contribution in [2.45, 2.75) is 57.7 Å². The number of carbonyl (C=O) groups is 1. The summed E-state index contributed by atoms with van der Waals surface area (Å²) in [5.74, 6) is 0.451. The van der Waals surface area contributed by atoms with Crippen LogP contribution in [-0.4, -0.2) is 40.6 Å². The van der Waals surface area contributed by atoms with Crippen LogP contribution in [0.25, 0.3) is 0 Å². The highest BCUT2D eigenvalue weighted by atomic mass is 16.5. The summed E-state index contributed by atoms with van der Waals surface area (Å²) in [6.07, 6.45) is 1.44. The van der Waals surface area contributed by atoms with Gasteiger partial charge in [-0.1, -0.05) is 0 Å². The van der Waals surface area contributed by atoms with Crippen molar-refractivity contribution < 1.29 is 9.53 Å². The summed E-state index contributed by atoms with van der Waals surface area (Å²) in [7, 11) is 0. The minimum atomic E-state index is -0.438. The van der Waals surface area contributed by atoms with Gasteiger partial charge >= 0.3 is 6.03 Å². The third-order valence-corrected chi connectivity index (χ3v) is 3.60. The van der Waals surface area contributed by atoms with E-state index in [-0.39, 0.29) is 17.7 Å². The Bertz CT molecular complexity index is 376. The maximum absolute atomic E-state index is 11.9. The second-order valence-corrected chi connectivity index (χ2v) is 5.81. The van der Waals surface area contributed by atoms with Crippen LogP contribution in [-0.2, 0) is 4.74 Å². The van der Waals surface area contributed by atoms with E-state index in [0.717, 1.165) is 6.42 Å². The lowest BCUT2D eigenvalue weighted by atomic mass is 9.79. The van der Waals surface area contributed by atoms with Crippen LogP contribution in [0.3, 0.4) is 0 Å². The zero-order valence-electron chi connectivity index (χ0n) is 11.0. The van der Waals surface area contributed by atoms with E-state index >= 15 is 0 Å². The molecule has 1 spiro atoms. The molecular weight excluding hydrogens is 218 g/mol. The Morgan fingerprint density at radius 1 is 1.47 bits per heavy atom. The molecule has 2 aliphatic heterocycles. The average molecular weight is 239 g/mol. The summed E-state index contributed by atoms with van der Waals surface area (Å²) in [5.41, 5.74) is 5.31. The standard InChI is InChI=1S/C12H21N3O2/c1-8(2)15-10(16)14-9(13)12(15)5-6-17-11(3,4)7-12/h8H,5-7H2,1-4H3,(H2,13,14,16). The lowest BCUT2D eigenvalue weighted by Gasteiger charge is -2.48. The van der Waals surface area contributed by atoms with Gasteiger partial charge in [0.05, 0.1) is 5.60 Å². The molecule has 96 valence electrons. The molecule has 0 aromatic heterocycles. The number of aliphatic imine (C=N–C) groups is 1. The predicted molar refractivity (Wildman–Crippen MR) is 66.0 cm³/mol. The number of carbonyl (C=O) groups excluding carboxylic acids is 1. The minimum Gasteiger partial charge on any atom is -0.385 e. The Hall–Kier alpha value is -1.10. The molecule has 1 saturated heterocycles. The van der Waals surface area contributed by atoms with Crippen molar-refractivity contribution in [2.75, 3.05) is 6.61 Å². The van der Waals surface area contributed by atoms with E-state index in [2.05, 4.69) is 4.99 Å². The molecule has 1 unspecified atom stereocenters. The summed E-state index contributed by atoms with van der Waals surface area (Å²) in [5, 5.41) is 0. The number of hydrogen-bond donors (Lipinski definition) is 1. The number of urea groups is 1. The minimum absolute atomic E-state index is 0.0983. The Labute approximate surface area is 102 Å². The molecule has 0 aromatic rings. The van der Waals surface area contributed by atoms with Crippen LogP contribution in [0.1, 0.15) is 40.5 Å². The van der Waals surface area contributed by atoms with Gasteiger partial charge in [-0.3, -0.25) is 0 Å². The molecule has 0 saturated carbocycles. The van der Waals surface area contributed by atoms with Gasteiger partial charge in [-0.05, 0) is 27.7 Å². The van der Waals surface area contributed by atoms with Gasteiger partial charge in [-0.15, -0.1) is 0 Å². The molecule has 2 N–H and O–H groups in total. The Balaban J connectivity index is 2.39. The fourth-order valence-electron chi connectivity index (χ4n) is 3.05. The van der Waals surface area contributed by atoms with Gasteiger partial charge in [0.2, 0.25) is 0 Å². The van der Waals surface area contributed by atoms with Gasteiger partial charge in [0, 0.05) is 25.5 Å². The van der Waals surface area contributed by atoms with Crippen molar-refractivity contribution in [1.29, 1.82) is 0 Å². The monoisotopic (exact) mass is 239 g/mol. The quantitative estimate of drug-likeness (QED) is 0.754. The summed E-state index contributed by atoms with van der Waals surface area (Å²) in [6, 6.07) is -0.114. The molecule has 0 radical (unpaired) electrons. The highest BCUT2D eigenvalue weighted by molar-refractivity contribution is 6.06. The van der Waals surface area contributed by atoms with Gasteiger partial charge in [0.1, 0.15) is 11.4 Å². The van der Waals surface area contributed by atoms with E-state index in [0.29, 0.717) is 18.9 Å². The average Bonchev–Trinajstić information content (AvgIpc) is 2.35. The number of amides is 2. The number of ether oxygens (including phenoxy) is 1. The zero-order chi connectivity index (χ0) is 12.8. The largest absolute Gasteiger partial charge is 0.385 e. The van der Waals surface area contributed by atoms with Gasteiger partial charge in [0.25, 0.3) is 0 Å². The summed E-state index contributed by atoms with van der Waals surface area (Å²) in [6.45, 7) is 8.66. The number of rotatable bonds is 1. The first-order valence-corrected chi connectivity index (χ1v) is 6.10. The first-order valence-electron chi connectivity index (χ1n) is 6.10. The number of nitrogens with zero attached hydrogens (tertiary/aromatic N) is 2. The molecule has 0 aliphatic carbocycles. The van der Waals surface area contributed by atoms with Crippen molar-refractivity contribution in [3.63, 3.8) is 0 Å². The van der Waals surface area contributed by atoms with Crippen molar-refractivity contribution in [1.82, 2.24) is 4.90 Å². The maximum atomic E-state index is 11.9. The number of nitrogens with two attached hydrogens (primary N) is 1. The highest BCUT2D eigenvalue weighted by Gasteiger charge is 2.54. The Morgan fingerprint density at radius 3 is 2.65 bits per heavy atom. The molecule has 2 rings (SSSR count). The second-order valence-electron chi connectivity index (χ2n) is 5.81. The molecule has 5 nitrogen and oxygen atoms in total. The normalized spacial score (nSPS) is 32.4. The van der Waals surface area contributed by atoms with Gasteiger partial charge in [-0.25, -0.2) is 4.79 Å². The van der Waals surface area contributed by atoms with E-state index in [1.54, 1.807) is 0 Å². The van der Waals surface area contributed by atoms with Crippen LogP contribution in [0.15, 0.2) is 4.99 Å². The van der Waals surface area contributed by atoms with Crippen LogP contribution in [0.5, 0.6) is 0 Å². The van der Waals surface area contributed by atoms with Crippen molar-refractivity contribution in [3.8, 4) is 0 Å². The van der Waals surface area contributed by atoms with E-state index in [1.807, 2.05) is 32.6 Å². The molecule has 2 aliphatic rings. The molecule has 1 atom stereocenters. The van der Waals surface area contributed by atoms with Crippen LogP contribution >= 0.6 is 0 Å². The smallest absolute Gasteiger partial charge is 0.346 e. The molecule has 0 bridgehead atoms. The second kappa shape index (κ2) is 3.70. The molecule has 0 aromatic carbocycles. The van der Waals surface area contributed by atoms with Crippen LogP contribution in [0.4, 0.5) is 4.79 Å². The molecule has 1 fully saturated rings. The van der Waals surface area contributed by atoms with Crippen molar-refractivity contribution in [3.05, 3.63) is 0 Å². The van der Waals surface area contributed by atoms with Crippen molar-refractivity contribution in [2.24, 2.45) is 10.7 Å². The number of hydrogen-bond acceptors (Lipinski definition) is 3. The number of amidine groups is 1. The summed E-state index contributed by atoms with van der Waals surface area (Å²) in [4.78, 5) is 17.7. The molecule has 2 heterocycles. The predicted octanol–water partition coefficient (Wildman–Crippen LogP) is 1.52. The molecule has 2 amide bonds. The van der Waals surface area contributed by atoms with Gasteiger partial charge in [-0.2, -0.15) is 4.99 Å². The van der Waals surface area contributed by atoms with Crippen LogP contribution in [0, 0.1) is 0 Å². The molecule has 17 heavy (non-hydrogen) atoms. The Kier molecular flexibility index (Phi) is 2.69. The van der Waals surface area contributed by atoms with E-state index < -0.39 is 5.54 Å². The lowest BCUT2D eigenvalue weighted by Crippen LogP contribution is -2.62. The fraction of sp³-hybridized carbons (Fsp3) is 0.833. The van der Waals surface area contributed by atoms with Gasteiger partial charge in [0.15, 0.2) is 0 Å². The first kappa shape index (κ1) is 12.4. The highest BCUT2D eigenvalue weighted by Crippen LogP contribution is 2.40. The third kappa shape index (κ3) is 1.82. The maximum Gasteiger partial charge on any atom is 0.346 e. The third-order valence-electron chi connectivity index (χ3n) is 3.60. The SMILES string of the molecule is CC(C)N1C(=O)N=C(N)C12CCOC(C)(C)C2. The molecular formula is C12H21N3O2. The van der Waals surface area contributed by atoms with E-state index in [1.165, 1.54) is 0 Å². The van der Waals surface area contributed by atoms with Crippen LogP contribution in [0.2, 0.25) is 0 Å². The summed E-state index contributed by atoms with van der Waals surface area (Å²) < 4.78 is 5.72. The topological polar surface area (TPSA) is 67.9 Å². The zero-order valence-corrected chi connectivity index (χ0v) is 11.0.